The van der Waals surface area contributed by atoms with E-state index in [9.17, 15) is 13.2 Å². The fourth-order valence-electron chi connectivity index (χ4n) is 3.25. The van der Waals surface area contributed by atoms with Crippen LogP contribution in [0.3, 0.4) is 0 Å². The van der Waals surface area contributed by atoms with Crippen molar-refractivity contribution in [1.82, 2.24) is 9.29 Å². The third kappa shape index (κ3) is 5.43. The van der Waals surface area contributed by atoms with Crippen LogP contribution in [0.1, 0.15) is 6.42 Å². The number of ether oxygens (including phenoxy) is 1. The highest BCUT2D eigenvalue weighted by molar-refractivity contribution is 7.99. The van der Waals surface area contributed by atoms with Gasteiger partial charge in [-0.05, 0) is 36.4 Å². The maximum atomic E-state index is 12.7. The number of thioether (sulfide) groups is 1. The molecule has 1 fully saturated rings. The maximum absolute atomic E-state index is 12.7. The molecule has 7 nitrogen and oxygen atoms in total. The van der Waals surface area contributed by atoms with Crippen LogP contribution in [0.25, 0.3) is 10.9 Å². The average Bonchev–Trinajstić information content (AvgIpc) is 2.80. The lowest BCUT2D eigenvalue weighted by Gasteiger charge is -2.26. The largest absolute Gasteiger partial charge is 0.379 e. The summed E-state index contributed by atoms with van der Waals surface area (Å²) in [5.74, 6) is 0.470. The zero-order valence-electron chi connectivity index (χ0n) is 16.9. The van der Waals surface area contributed by atoms with Gasteiger partial charge in [-0.1, -0.05) is 24.3 Å². The number of para-hydroxylation sites is 1. The topological polar surface area (TPSA) is 88.6 Å². The molecule has 0 unspecified atom stereocenters. The number of fused-ring (bicyclic) bond motifs is 1. The van der Waals surface area contributed by atoms with Gasteiger partial charge in [0, 0.05) is 36.3 Å². The smallest absolute Gasteiger partial charge is 0.243 e. The summed E-state index contributed by atoms with van der Waals surface area (Å²) in [5, 5.41) is 4.78. The second-order valence-electron chi connectivity index (χ2n) is 7.03. The van der Waals surface area contributed by atoms with Gasteiger partial charge in [0.2, 0.25) is 15.9 Å². The molecule has 0 saturated carbocycles. The molecule has 0 bridgehead atoms. The molecule has 1 N–H and O–H groups in total. The Labute approximate surface area is 185 Å². The Morgan fingerprint density at radius 3 is 2.55 bits per heavy atom. The van der Waals surface area contributed by atoms with Crippen molar-refractivity contribution in [2.75, 3.05) is 37.4 Å². The number of amides is 1. The highest BCUT2D eigenvalue weighted by atomic mass is 32.2. The summed E-state index contributed by atoms with van der Waals surface area (Å²) in [6, 6.07) is 18.2. The fraction of sp³-hybridized carbons (Fsp3) is 0.273. The summed E-state index contributed by atoms with van der Waals surface area (Å²) in [6.45, 7) is 1.51. The number of rotatable bonds is 7. The summed E-state index contributed by atoms with van der Waals surface area (Å²) < 4.78 is 31.9. The first kappa shape index (κ1) is 21.8. The van der Waals surface area contributed by atoms with Gasteiger partial charge in [0.25, 0.3) is 0 Å². The van der Waals surface area contributed by atoms with Crippen molar-refractivity contribution >= 4 is 44.3 Å². The minimum atomic E-state index is -3.54. The zero-order valence-corrected chi connectivity index (χ0v) is 18.5. The molecule has 4 rings (SSSR count). The molecule has 9 heteroatoms. The molecule has 1 aromatic heterocycles. The third-order valence-corrected chi connectivity index (χ3v) is 7.74. The molecule has 1 saturated heterocycles. The molecule has 3 aromatic rings. The molecule has 1 aliphatic rings. The van der Waals surface area contributed by atoms with E-state index in [1.807, 2.05) is 36.4 Å². The van der Waals surface area contributed by atoms with Crippen LogP contribution in [-0.4, -0.2) is 55.7 Å². The van der Waals surface area contributed by atoms with Crippen molar-refractivity contribution in [3.05, 3.63) is 60.7 Å². The minimum Gasteiger partial charge on any atom is -0.379 e. The second kappa shape index (κ2) is 9.78. The van der Waals surface area contributed by atoms with Gasteiger partial charge in [-0.25, -0.2) is 13.4 Å². The van der Waals surface area contributed by atoms with Gasteiger partial charge >= 0.3 is 0 Å². The van der Waals surface area contributed by atoms with E-state index in [0.29, 0.717) is 44.2 Å². The van der Waals surface area contributed by atoms with Gasteiger partial charge in [0.05, 0.1) is 28.7 Å². The van der Waals surface area contributed by atoms with E-state index >= 15 is 0 Å². The van der Waals surface area contributed by atoms with Crippen LogP contribution < -0.4 is 5.32 Å². The Kier molecular flexibility index (Phi) is 6.86. The first-order valence-electron chi connectivity index (χ1n) is 9.99. The van der Waals surface area contributed by atoms with Crippen molar-refractivity contribution in [2.24, 2.45) is 0 Å². The van der Waals surface area contributed by atoms with E-state index in [4.69, 9.17) is 4.74 Å². The number of hydrogen-bond acceptors (Lipinski definition) is 6. The highest BCUT2D eigenvalue weighted by Crippen LogP contribution is 2.22. The van der Waals surface area contributed by atoms with Crippen molar-refractivity contribution in [2.45, 2.75) is 16.3 Å². The van der Waals surface area contributed by atoms with Gasteiger partial charge < -0.3 is 10.1 Å². The summed E-state index contributed by atoms with van der Waals surface area (Å²) >= 11 is 1.53. The summed E-state index contributed by atoms with van der Waals surface area (Å²) in [6.07, 6.45) is 0.326. The first-order chi connectivity index (χ1) is 15.0. The van der Waals surface area contributed by atoms with Gasteiger partial charge in [-0.15, -0.1) is 11.8 Å². The first-order valence-corrected chi connectivity index (χ1v) is 12.4. The molecular formula is C22H23N3O4S2. The fourth-order valence-corrected chi connectivity index (χ4v) is 5.48. The molecule has 1 aliphatic heterocycles. The molecule has 0 spiro atoms. The van der Waals surface area contributed by atoms with Gasteiger partial charge in [0.15, 0.2) is 0 Å². The number of carbonyl (C=O) groups excluding carboxylic acids is 1. The van der Waals surface area contributed by atoms with E-state index in [1.165, 1.54) is 28.2 Å². The number of nitrogens with one attached hydrogen (secondary N) is 1. The maximum Gasteiger partial charge on any atom is 0.243 e. The van der Waals surface area contributed by atoms with Crippen molar-refractivity contribution < 1.29 is 17.9 Å². The molecule has 1 amide bonds. The van der Waals surface area contributed by atoms with Crippen molar-refractivity contribution in [3.63, 3.8) is 0 Å². The Balaban J connectivity index is 1.29. The van der Waals surface area contributed by atoms with Crippen LogP contribution >= 0.6 is 11.8 Å². The predicted octanol–water partition coefficient (Wildman–Crippen LogP) is 3.38. The van der Waals surface area contributed by atoms with Crippen LogP contribution in [0.5, 0.6) is 0 Å². The normalized spacial score (nSPS) is 15.1. The summed E-state index contributed by atoms with van der Waals surface area (Å²) in [7, 11) is -3.54. The molecule has 0 atom stereocenters. The minimum absolute atomic E-state index is 0.128. The highest BCUT2D eigenvalue weighted by Gasteiger charge is 2.26. The Bertz CT molecular complexity index is 1160. The summed E-state index contributed by atoms with van der Waals surface area (Å²) in [5.41, 5.74) is 1.50. The van der Waals surface area contributed by atoms with E-state index in [2.05, 4.69) is 10.3 Å². The van der Waals surface area contributed by atoms with Crippen LogP contribution in [-0.2, 0) is 19.6 Å². The number of sulfonamides is 1. The van der Waals surface area contributed by atoms with E-state index < -0.39 is 10.0 Å². The lowest BCUT2D eigenvalue weighted by molar-refractivity contribution is -0.115. The zero-order chi connectivity index (χ0) is 21.7. The number of anilines is 1. The number of pyridine rings is 1. The molecule has 0 aliphatic carbocycles. The second-order valence-corrected chi connectivity index (χ2v) is 10.1. The molecule has 31 heavy (non-hydrogen) atoms. The number of nitrogens with zero attached hydrogens (tertiary/aromatic N) is 2. The Morgan fingerprint density at radius 2 is 1.77 bits per heavy atom. The molecular weight excluding hydrogens is 434 g/mol. The number of benzene rings is 2. The van der Waals surface area contributed by atoms with Gasteiger partial charge in [0.1, 0.15) is 0 Å². The number of morpholine rings is 1. The molecule has 0 radical (unpaired) electrons. The van der Waals surface area contributed by atoms with Crippen molar-refractivity contribution in [3.8, 4) is 0 Å². The van der Waals surface area contributed by atoms with Crippen molar-refractivity contribution in [1.29, 1.82) is 0 Å². The number of carbonyl (C=O) groups is 1. The van der Waals surface area contributed by atoms with Crippen LogP contribution in [0.2, 0.25) is 0 Å². The van der Waals surface area contributed by atoms with Gasteiger partial charge in [-0.3, -0.25) is 4.79 Å². The standard InChI is InChI=1S/C22H23N3O4S2/c26-21(11-16-30-22-10-5-17-3-1-2-4-20(17)24-22)23-18-6-8-19(9-7-18)31(27,28)25-12-14-29-15-13-25/h1-10H,11-16H2,(H,23,26). The SMILES string of the molecule is O=C(CCSc1ccc2ccccc2n1)Nc1ccc(S(=O)(=O)N2CCOCC2)cc1. The number of hydrogen-bond donors (Lipinski definition) is 1. The predicted molar refractivity (Wildman–Crippen MR) is 122 cm³/mol. The van der Waals surface area contributed by atoms with E-state index in [-0.39, 0.29) is 10.8 Å². The lowest BCUT2D eigenvalue weighted by Crippen LogP contribution is -2.40. The quantitative estimate of drug-likeness (QED) is 0.547. The monoisotopic (exact) mass is 457 g/mol. The molecule has 2 heterocycles. The van der Waals surface area contributed by atoms with E-state index in [1.54, 1.807) is 12.1 Å². The molecule has 2 aromatic carbocycles. The van der Waals surface area contributed by atoms with Crippen LogP contribution in [0.4, 0.5) is 5.69 Å². The van der Waals surface area contributed by atoms with Crippen LogP contribution in [0, 0.1) is 0 Å². The Morgan fingerprint density at radius 1 is 1.03 bits per heavy atom. The third-order valence-electron chi connectivity index (χ3n) is 4.90. The summed E-state index contributed by atoms with van der Waals surface area (Å²) in [4.78, 5) is 17.1. The van der Waals surface area contributed by atoms with Crippen LogP contribution in [0.15, 0.2) is 70.6 Å². The van der Waals surface area contributed by atoms with E-state index in [0.717, 1.165) is 15.9 Å². The molecule has 162 valence electrons. The lowest BCUT2D eigenvalue weighted by atomic mass is 10.2. The van der Waals surface area contributed by atoms with Gasteiger partial charge in [-0.2, -0.15) is 4.31 Å². The average molecular weight is 458 g/mol. The Hall–Kier alpha value is -2.46. The number of aromatic nitrogens is 1.